The van der Waals surface area contributed by atoms with Crippen LogP contribution in [0.25, 0.3) is 0 Å². The molecule has 0 aliphatic carbocycles. The monoisotopic (exact) mass is 360 g/mol. The van der Waals surface area contributed by atoms with E-state index in [1.54, 1.807) is 42.5 Å². The van der Waals surface area contributed by atoms with E-state index < -0.39 is 18.5 Å². The summed E-state index contributed by atoms with van der Waals surface area (Å²) in [5.41, 5.74) is 1.81. The molecule has 2 amide bonds. The molecule has 0 atom stereocenters. The minimum atomic E-state index is -0.713. The van der Waals surface area contributed by atoms with Crippen molar-refractivity contribution >= 4 is 35.1 Å². The summed E-state index contributed by atoms with van der Waals surface area (Å²) < 4.78 is 4.82. The molecule has 7 heteroatoms. The highest BCUT2D eigenvalue weighted by Crippen LogP contribution is 2.20. The fraction of sp³-hybridized carbons (Fsp3) is 0.167. The topological polar surface area (TPSA) is 84.5 Å². The maximum Gasteiger partial charge on any atom is 0.325 e. The van der Waals surface area contributed by atoms with E-state index in [-0.39, 0.29) is 12.5 Å². The number of anilines is 1. The zero-order valence-electron chi connectivity index (χ0n) is 13.5. The highest BCUT2D eigenvalue weighted by Gasteiger charge is 2.11. The van der Waals surface area contributed by atoms with E-state index in [1.807, 2.05) is 13.0 Å². The normalized spacial score (nSPS) is 10.0. The van der Waals surface area contributed by atoms with E-state index in [2.05, 4.69) is 10.6 Å². The molecular formula is C18H17ClN2O4. The van der Waals surface area contributed by atoms with Gasteiger partial charge < -0.3 is 15.4 Å². The van der Waals surface area contributed by atoms with Crippen molar-refractivity contribution in [2.24, 2.45) is 0 Å². The molecule has 0 unspecified atom stereocenters. The quantitative estimate of drug-likeness (QED) is 0.775. The first-order valence-corrected chi connectivity index (χ1v) is 7.88. The number of carbonyl (C=O) groups excluding carboxylic acids is 3. The number of aryl methyl sites for hydroxylation is 1. The molecule has 0 aliphatic heterocycles. The van der Waals surface area contributed by atoms with Crippen LogP contribution in [0.2, 0.25) is 5.02 Å². The van der Waals surface area contributed by atoms with Crippen LogP contribution < -0.4 is 10.6 Å². The Bertz CT molecular complexity index is 792. The third-order valence-corrected chi connectivity index (χ3v) is 3.52. The minimum absolute atomic E-state index is 0.327. The van der Waals surface area contributed by atoms with Crippen LogP contribution in [0.15, 0.2) is 48.5 Å². The summed E-state index contributed by atoms with van der Waals surface area (Å²) in [6, 6.07) is 13.7. The van der Waals surface area contributed by atoms with Gasteiger partial charge in [0.05, 0.1) is 10.7 Å². The fourth-order valence-electron chi connectivity index (χ4n) is 1.99. The molecule has 0 saturated carbocycles. The van der Waals surface area contributed by atoms with Gasteiger partial charge in [0.15, 0.2) is 6.61 Å². The molecule has 6 nitrogen and oxygen atoms in total. The number of ether oxygens (including phenoxy) is 1. The van der Waals surface area contributed by atoms with Crippen molar-refractivity contribution in [1.82, 2.24) is 5.32 Å². The van der Waals surface area contributed by atoms with Crippen LogP contribution in [-0.2, 0) is 14.3 Å². The molecule has 2 N–H and O–H groups in total. The van der Waals surface area contributed by atoms with E-state index in [1.165, 1.54) is 0 Å². The summed E-state index contributed by atoms with van der Waals surface area (Å²) in [6.45, 7) is 1.07. The van der Waals surface area contributed by atoms with Crippen molar-refractivity contribution in [2.75, 3.05) is 18.5 Å². The van der Waals surface area contributed by atoms with Gasteiger partial charge in [0, 0.05) is 5.56 Å². The van der Waals surface area contributed by atoms with E-state index in [0.29, 0.717) is 16.3 Å². The van der Waals surface area contributed by atoms with Gasteiger partial charge in [0.25, 0.3) is 11.8 Å². The van der Waals surface area contributed by atoms with Gasteiger partial charge in [0.1, 0.15) is 6.54 Å². The second-order valence-electron chi connectivity index (χ2n) is 5.24. The van der Waals surface area contributed by atoms with Gasteiger partial charge in [-0.1, -0.05) is 41.4 Å². The molecule has 0 heterocycles. The van der Waals surface area contributed by atoms with Crippen LogP contribution in [0.4, 0.5) is 5.69 Å². The van der Waals surface area contributed by atoms with Crippen LogP contribution in [0, 0.1) is 6.92 Å². The highest BCUT2D eigenvalue weighted by atomic mass is 35.5. The molecular weight excluding hydrogens is 344 g/mol. The summed E-state index contributed by atoms with van der Waals surface area (Å²) in [4.78, 5) is 35.3. The summed E-state index contributed by atoms with van der Waals surface area (Å²) >= 11 is 5.91. The molecule has 2 rings (SSSR count). The molecule has 0 saturated heterocycles. The summed E-state index contributed by atoms with van der Waals surface area (Å²) in [6.07, 6.45) is 0. The summed E-state index contributed by atoms with van der Waals surface area (Å²) in [5.74, 6) is -1.62. The van der Waals surface area contributed by atoms with Crippen molar-refractivity contribution < 1.29 is 19.1 Å². The number of amides is 2. The van der Waals surface area contributed by atoms with Crippen LogP contribution in [0.1, 0.15) is 15.9 Å². The number of rotatable bonds is 6. The maximum atomic E-state index is 11.9. The lowest BCUT2D eigenvalue weighted by Gasteiger charge is -2.08. The van der Waals surface area contributed by atoms with E-state index in [9.17, 15) is 14.4 Å². The fourth-order valence-corrected chi connectivity index (χ4v) is 2.17. The Morgan fingerprint density at radius 2 is 1.84 bits per heavy atom. The third-order valence-electron chi connectivity index (χ3n) is 3.19. The van der Waals surface area contributed by atoms with E-state index in [4.69, 9.17) is 16.3 Å². The third kappa shape index (κ3) is 5.93. The second-order valence-corrected chi connectivity index (χ2v) is 5.65. The lowest BCUT2D eigenvalue weighted by atomic mass is 10.1. The van der Waals surface area contributed by atoms with Crippen LogP contribution in [0.3, 0.4) is 0 Å². The Balaban J connectivity index is 1.74. The maximum absolute atomic E-state index is 11.9. The molecule has 0 radical (unpaired) electrons. The number of benzene rings is 2. The van der Waals surface area contributed by atoms with Crippen molar-refractivity contribution in [3.05, 3.63) is 64.7 Å². The second kappa shape index (κ2) is 8.84. The van der Waals surface area contributed by atoms with Gasteiger partial charge in [-0.2, -0.15) is 0 Å². The Kier molecular flexibility index (Phi) is 6.54. The number of halogens is 1. The molecule has 0 aliphatic rings. The Hall–Kier alpha value is -2.86. The molecule has 0 spiro atoms. The van der Waals surface area contributed by atoms with Crippen molar-refractivity contribution in [1.29, 1.82) is 0 Å². The van der Waals surface area contributed by atoms with Crippen molar-refractivity contribution in [3.63, 3.8) is 0 Å². The summed E-state index contributed by atoms with van der Waals surface area (Å²) in [7, 11) is 0. The number of hydrogen-bond acceptors (Lipinski definition) is 4. The smallest absolute Gasteiger partial charge is 0.325 e. The zero-order chi connectivity index (χ0) is 18.2. The molecule has 0 aromatic heterocycles. The molecule has 2 aromatic carbocycles. The average Bonchev–Trinajstić information content (AvgIpc) is 2.60. The highest BCUT2D eigenvalue weighted by molar-refractivity contribution is 6.33. The average molecular weight is 361 g/mol. The lowest BCUT2D eigenvalue weighted by Crippen LogP contribution is -2.32. The first-order chi connectivity index (χ1) is 12.0. The largest absolute Gasteiger partial charge is 0.454 e. The summed E-state index contributed by atoms with van der Waals surface area (Å²) in [5, 5.41) is 5.35. The van der Waals surface area contributed by atoms with Gasteiger partial charge in [-0.15, -0.1) is 0 Å². The molecule has 25 heavy (non-hydrogen) atoms. The van der Waals surface area contributed by atoms with Crippen molar-refractivity contribution in [3.8, 4) is 0 Å². The van der Waals surface area contributed by atoms with E-state index >= 15 is 0 Å². The Labute approximate surface area is 150 Å². The Morgan fingerprint density at radius 3 is 2.56 bits per heavy atom. The van der Waals surface area contributed by atoms with Gasteiger partial charge in [0.2, 0.25) is 0 Å². The zero-order valence-corrected chi connectivity index (χ0v) is 14.3. The Morgan fingerprint density at radius 1 is 1.08 bits per heavy atom. The number of para-hydroxylation sites is 1. The van der Waals surface area contributed by atoms with Crippen molar-refractivity contribution in [2.45, 2.75) is 6.92 Å². The number of esters is 1. The molecule has 2 aromatic rings. The SMILES string of the molecule is Cc1cccc(C(=O)NCC(=O)OCC(=O)Nc2ccccc2Cl)c1. The number of hydrogen-bond donors (Lipinski definition) is 2. The standard InChI is InChI=1S/C18H17ClN2O4/c1-12-5-4-6-13(9-12)18(24)20-10-17(23)25-11-16(22)21-15-8-3-2-7-14(15)19/h2-9H,10-11H2,1H3,(H,20,24)(H,21,22). The molecule has 0 fully saturated rings. The minimum Gasteiger partial charge on any atom is -0.454 e. The van der Waals surface area contributed by atoms with Gasteiger partial charge in [-0.25, -0.2) is 0 Å². The van der Waals surface area contributed by atoms with Crippen LogP contribution in [0.5, 0.6) is 0 Å². The molecule has 130 valence electrons. The predicted octanol–water partition coefficient (Wildman–Crippen LogP) is 2.56. The predicted molar refractivity (Wildman–Crippen MR) is 94.6 cm³/mol. The molecule has 0 bridgehead atoms. The van der Waals surface area contributed by atoms with Gasteiger partial charge >= 0.3 is 5.97 Å². The number of nitrogens with one attached hydrogen (secondary N) is 2. The van der Waals surface area contributed by atoms with Crippen LogP contribution >= 0.6 is 11.6 Å². The van der Waals surface area contributed by atoms with E-state index in [0.717, 1.165) is 5.56 Å². The van der Waals surface area contributed by atoms with Crippen LogP contribution in [-0.4, -0.2) is 30.9 Å². The van der Waals surface area contributed by atoms with Gasteiger partial charge in [-0.05, 0) is 31.2 Å². The van der Waals surface area contributed by atoms with Gasteiger partial charge in [-0.3, -0.25) is 14.4 Å². The number of carbonyl (C=O) groups is 3. The lowest BCUT2D eigenvalue weighted by molar-refractivity contribution is -0.146. The first kappa shape index (κ1) is 18.5. The first-order valence-electron chi connectivity index (χ1n) is 7.50.